The van der Waals surface area contributed by atoms with Crippen LogP contribution in [0.3, 0.4) is 0 Å². The van der Waals surface area contributed by atoms with Crippen molar-refractivity contribution in [1.82, 2.24) is 5.32 Å². The number of carbonyl (C=O) groups excluding carboxylic acids is 1. The van der Waals surface area contributed by atoms with Crippen molar-refractivity contribution in [3.8, 4) is 5.75 Å². The first-order chi connectivity index (χ1) is 16.9. The summed E-state index contributed by atoms with van der Waals surface area (Å²) < 4.78 is 46.9. The van der Waals surface area contributed by atoms with Gasteiger partial charge in [-0.1, -0.05) is 31.5 Å². The van der Waals surface area contributed by atoms with E-state index < -0.39 is 28.3 Å². The first kappa shape index (κ1) is 27.2. The van der Waals surface area contributed by atoms with Crippen molar-refractivity contribution < 1.29 is 22.3 Å². The minimum absolute atomic E-state index is 0.0992. The number of rotatable bonds is 9. The van der Waals surface area contributed by atoms with Gasteiger partial charge in [0.25, 0.3) is 10.0 Å². The zero-order valence-electron chi connectivity index (χ0n) is 21.5. The van der Waals surface area contributed by atoms with Gasteiger partial charge in [-0.2, -0.15) is 0 Å². The van der Waals surface area contributed by atoms with Crippen molar-refractivity contribution in [3.63, 3.8) is 0 Å². The van der Waals surface area contributed by atoms with E-state index in [1.807, 2.05) is 32.9 Å². The molecule has 6 nitrogen and oxygen atoms in total. The number of aryl methyl sites for hydroxylation is 2. The molecule has 192 valence electrons. The van der Waals surface area contributed by atoms with Gasteiger partial charge in [0.05, 0.1) is 23.7 Å². The third kappa shape index (κ3) is 6.05. The Kier molecular flexibility index (Phi) is 8.40. The van der Waals surface area contributed by atoms with Crippen molar-refractivity contribution in [2.75, 3.05) is 18.0 Å². The monoisotopic (exact) mass is 512 g/mol. The van der Waals surface area contributed by atoms with Crippen molar-refractivity contribution in [2.45, 2.75) is 51.5 Å². The highest BCUT2D eigenvalue weighted by Crippen LogP contribution is 2.32. The molecule has 3 rings (SSSR count). The van der Waals surface area contributed by atoms with Gasteiger partial charge in [0.1, 0.15) is 18.1 Å². The maximum atomic E-state index is 13.5. The van der Waals surface area contributed by atoms with Crippen LogP contribution < -0.4 is 14.4 Å². The van der Waals surface area contributed by atoms with Gasteiger partial charge >= 0.3 is 0 Å². The van der Waals surface area contributed by atoms with Crippen LogP contribution in [0.4, 0.5) is 10.1 Å². The third-order valence-corrected chi connectivity index (χ3v) is 7.88. The van der Waals surface area contributed by atoms with Crippen molar-refractivity contribution >= 4 is 21.6 Å². The van der Waals surface area contributed by atoms with Crippen LogP contribution in [0, 0.1) is 19.7 Å². The molecule has 0 unspecified atom stereocenters. The molecule has 0 aliphatic heterocycles. The second-order valence-electron chi connectivity index (χ2n) is 9.20. The summed E-state index contributed by atoms with van der Waals surface area (Å²) in [6, 6.07) is 15.0. The number of nitrogens with one attached hydrogen (secondary N) is 1. The summed E-state index contributed by atoms with van der Waals surface area (Å²) in [6.07, 6.45) is 0. The van der Waals surface area contributed by atoms with E-state index in [1.165, 1.54) is 12.1 Å². The lowest BCUT2D eigenvalue weighted by molar-refractivity contribution is -0.120. The van der Waals surface area contributed by atoms with Crippen LogP contribution in [-0.2, 0) is 14.8 Å². The maximum absolute atomic E-state index is 13.5. The Balaban J connectivity index is 1.91. The fraction of sp³-hybridized carbons (Fsp3) is 0.321. The molecule has 0 aliphatic carbocycles. The quantitative estimate of drug-likeness (QED) is 0.402. The van der Waals surface area contributed by atoms with Gasteiger partial charge in [-0.15, -0.1) is 0 Å². The fourth-order valence-corrected chi connectivity index (χ4v) is 5.49. The first-order valence-corrected chi connectivity index (χ1v) is 13.2. The Bertz CT molecular complexity index is 1320. The first-order valence-electron chi connectivity index (χ1n) is 11.8. The molecule has 8 heteroatoms. The fourth-order valence-electron chi connectivity index (χ4n) is 4.07. The number of hydrogen-bond donors (Lipinski definition) is 1. The van der Waals surface area contributed by atoms with Gasteiger partial charge in [-0.3, -0.25) is 9.10 Å². The minimum atomic E-state index is -4.13. The Morgan fingerprint density at radius 1 is 0.972 bits per heavy atom. The summed E-state index contributed by atoms with van der Waals surface area (Å²) in [5.74, 6) is 0.00825. The number of methoxy groups -OCH3 is 1. The number of carbonyl (C=O) groups is 1. The summed E-state index contributed by atoms with van der Waals surface area (Å²) in [5, 5.41) is 2.94. The van der Waals surface area contributed by atoms with Gasteiger partial charge in [0, 0.05) is 0 Å². The largest absolute Gasteiger partial charge is 0.496 e. The predicted octanol–water partition coefficient (Wildman–Crippen LogP) is 5.65. The minimum Gasteiger partial charge on any atom is -0.496 e. The number of ether oxygens (including phenoxy) is 1. The number of anilines is 1. The van der Waals surface area contributed by atoms with E-state index in [4.69, 9.17) is 4.74 Å². The smallest absolute Gasteiger partial charge is 0.264 e. The lowest BCUT2D eigenvalue weighted by Crippen LogP contribution is -2.41. The number of hydrogen-bond acceptors (Lipinski definition) is 4. The van der Waals surface area contributed by atoms with Crippen LogP contribution in [-0.4, -0.2) is 28.0 Å². The van der Waals surface area contributed by atoms with Gasteiger partial charge in [0.15, 0.2) is 0 Å². The van der Waals surface area contributed by atoms with Crippen LogP contribution in [0.25, 0.3) is 0 Å². The highest BCUT2D eigenvalue weighted by molar-refractivity contribution is 7.92. The molecule has 0 saturated heterocycles. The number of benzene rings is 3. The average molecular weight is 513 g/mol. The summed E-state index contributed by atoms with van der Waals surface area (Å²) in [4.78, 5) is 13.1. The lowest BCUT2D eigenvalue weighted by atomic mass is 9.93. The zero-order chi connectivity index (χ0) is 26.6. The molecule has 1 atom stereocenters. The Labute approximate surface area is 213 Å². The van der Waals surface area contributed by atoms with Crippen LogP contribution in [0.15, 0.2) is 65.6 Å². The molecular formula is C28H33FN2O4S. The molecule has 0 bridgehead atoms. The molecule has 0 aromatic heterocycles. The van der Waals surface area contributed by atoms with Gasteiger partial charge in [-0.25, -0.2) is 12.8 Å². The molecule has 0 heterocycles. The number of halogens is 1. The molecule has 1 N–H and O–H groups in total. The van der Waals surface area contributed by atoms with Crippen molar-refractivity contribution in [1.29, 1.82) is 0 Å². The normalized spacial score (nSPS) is 12.3. The molecule has 0 saturated carbocycles. The summed E-state index contributed by atoms with van der Waals surface area (Å²) in [6.45, 7) is 9.41. The molecular weight excluding hydrogens is 479 g/mol. The Morgan fingerprint density at radius 2 is 1.58 bits per heavy atom. The van der Waals surface area contributed by atoms with Gasteiger partial charge < -0.3 is 10.1 Å². The van der Waals surface area contributed by atoms with Crippen LogP contribution in [0.2, 0.25) is 0 Å². The van der Waals surface area contributed by atoms with Gasteiger partial charge in [-0.05, 0) is 91.9 Å². The van der Waals surface area contributed by atoms with Crippen molar-refractivity contribution in [2.24, 2.45) is 0 Å². The molecule has 0 radical (unpaired) electrons. The molecule has 3 aromatic carbocycles. The molecule has 0 spiro atoms. The average Bonchev–Trinajstić information content (AvgIpc) is 2.82. The second kappa shape index (κ2) is 11.1. The standard InChI is InChI=1S/C28H33FN2O4S/c1-18(2)25-16-26(20(4)15-27(25)35-6)21(5)30-28(32)17-31(23-11-7-19(3)8-12-23)36(33,34)24-13-9-22(29)10-14-24/h7-16,18,21H,17H2,1-6H3,(H,30,32)/t21-/m1/s1. The van der Waals surface area contributed by atoms with E-state index in [0.717, 1.165) is 44.4 Å². The summed E-state index contributed by atoms with van der Waals surface area (Å²) in [7, 11) is -2.49. The molecule has 0 fully saturated rings. The van der Waals surface area contributed by atoms with Gasteiger partial charge in [0.2, 0.25) is 5.91 Å². The summed E-state index contributed by atoms with van der Waals surface area (Å²) in [5.41, 5.74) is 4.20. The SMILES string of the molecule is COc1cc(C)c([C@@H](C)NC(=O)CN(c2ccc(C)cc2)S(=O)(=O)c2ccc(F)cc2)cc1C(C)C. The number of amides is 1. The number of nitrogens with zero attached hydrogens (tertiary/aromatic N) is 1. The van der Waals surface area contributed by atoms with Crippen molar-refractivity contribution in [3.05, 3.63) is 88.7 Å². The lowest BCUT2D eigenvalue weighted by Gasteiger charge is -2.26. The van der Waals surface area contributed by atoms with E-state index >= 15 is 0 Å². The van der Waals surface area contributed by atoms with E-state index in [2.05, 4.69) is 19.2 Å². The number of sulfonamides is 1. The highest BCUT2D eigenvalue weighted by atomic mass is 32.2. The molecule has 0 aliphatic rings. The van der Waals surface area contributed by atoms with E-state index in [0.29, 0.717) is 5.69 Å². The topological polar surface area (TPSA) is 75.7 Å². The van der Waals surface area contributed by atoms with Crippen LogP contribution in [0.1, 0.15) is 55.0 Å². The van der Waals surface area contributed by atoms with E-state index in [1.54, 1.807) is 31.4 Å². The second-order valence-corrected chi connectivity index (χ2v) is 11.1. The van der Waals surface area contributed by atoms with E-state index in [-0.39, 0.29) is 16.9 Å². The molecule has 3 aromatic rings. The highest BCUT2D eigenvalue weighted by Gasteiger charge is 2.28. The Morgan fingerprint density at radius 3 is 2.14 bits per heavy atom. The third-order valence-electron chi connectivity index (χ3n) is 6.10. The molecule has 36 heavy (non-hydrogen) atoms. The summed E-state index contributed by atoms with van der Waals surface area (Å²) >= 11 is 0. The Hall–Kier alpha value is -3.39. The molecule has 1 amide bonds. The van der Waals surface area contributed by atoms with Crippen LogP contribution in [0.5, 0.6) is 5.75 Å². The van der Waals surface area contributed by atoms with Crippen LogP contribution >= 0.6 is 0 Å². The maximum Gasteiger partial charge on any atom is 0.264 e. The predicted molar refractivity (Wildman–Crippen MR) is 140 cm³/mol. The zero-order valence-corrected chi connectivity index (χ0v) is 22.3. The van der Waals surface area contributed by atoms with E-state index in [9.17, 15) is 17.6 Å².